The van der Waals surface area contributed by atoms with E-state index in [-0.39, 0.29) is 0 Å². The first kappa shape index (κ1) is 11.0. The molecule has 0 aromatic rings. The lowest BCUT2D eigenvalue weighted by Crippen LogP contribution is -2.35. The smallest absolute Gasteiger partial charge is 0.109 e. The molecule has 0 radical (unpaired) electrons. The van der Waals surface area contributed by atoms with Gasteiger partial charge in [0.25, 0.3) is 0 Å². The Morgan fingerprint density at radius 1 is 1.53 bits per heavy atom. The van der Waals surface area contributed by atoms with Gasteiger partial charge in [0.2, 0.25) is 0 Å². The third-order valence-corrected chi connectivity index (χ3v) is 3.51. The third kappa shape index (κ3) is 2.97. The second kappa shape index (κ2) is 5.55. The molecule has 1 fully saturated rings. The van der Waals surface area contributed by atoms with Crippen LogP contribution in [0.4, 0.5) is 0 Å². The molecule has 1 atom stereocenters. The third-order valence-electron chi connectivity index (χ3n) is 3.51. The van der Waals surface area contributed by atoms with Crippen LogP contribution in [0.5, 0.6) is 0 Å². The number of rotatable bonds is 6. The van der Waals surface area contributed by atoms with Crippen LogP contribution in [-0.2, 0) is 4.74 Å². The highest BCUT2D eigenvalue weighted by atomic mass is 16.5. The topological polar surface area (TPSA) is 21.3 Å². The van der Waals surface area contributed by atoms with E-state index in [1.165, 1.54) is 37.9 Å². The van der Waals surface area contributed by atoms with Crippen LogP contribution in [0, 0.1) is 5.92 Å². The first-order chi connectivity index (χ1) is 7.40. The predicted octanol–water partition coefficient (Wildman–Crippen LogP) is 2.85. The summed E-state index contributed by atoms with van der Waals surface area (Å²) in [6.07, 6.45) is 10.1. The molecular formula is C13H23NO. The molecule has 0 aromatic heterocycles. The van der Waals surface area contributed by atoms with Crippen molar-refractivity contribution >= 4 is 0 Å². The van der Waals surface area contributed by atoms with E-state index in [9.17, 15) is 0 Å². The average molecular weight is 209 g/mol. The van der Waals surface area contributed by atoms with Gasteiger partial charge in [-0.05, 0) is 31.4 Å². The molecule has 0 bridgehead atoms. The highest BCUT2D eigenvalue weighted by Crippen LogP contribution is 2.32. The number of nitrogens with one attached hydrogen (secondary N) is 1. The fraction of sp³-hybridized carbons (Fsp3) is 0.846. The maximum Gasteiger partial charge on any atom is 0.109 e. The second-order valence-electron chi connectivity index (χ2n) is 4.78. The molecule has 1 aliphatic heterocycles. The lowest BCUT2D eigenvalue weighted by molar-refractivity contribution is 0.187. The molecule has 2 aliphatic rings. The molecule has 2 rings (SSSR count). The Balaban J connectivity index is 1.83. The summed E-state index contributed by atoms with van der Waals surface area (Å²) in [6.45, 7) is 4.22. The summed E-state index contributed by atoms with van der Waals surface area (Å²) in [5.41, 5.74) is 0. The Morgan fingerprint density at radius 2 is 2.40 bits per heavy atom. The van der Waals surface area contributed by atoms with Crippen molar-refractivity contribution in [3.8, 4) is 0 Å². The minimum atomic E-state index is 0.498. The van der Waals surface area contributed by atoms with Crippen molar-refractivity contribution in [2.75, 3.05) is 13.2 Å². The molecule has 1 N–H and O–H groups in total. The molecule has 0 amide bonds. The van der Waals surface area contributed by atoms with Crippen LogP contribution in [0.1, 0.15) is 45.4 Å². The molecule has 0 aromatic carbocycles. The minimum absolute atomic E-state index is 0.498. The number of ether oxygens (including phenoxy) is 1. The molecule has 1 aliphatic carbocycles. The van der Waals surface area contributed by atoms with Crippen LogP contribution in [0.25, 0.3) is 0 Å². The summed E-state index contributed by atoms with van der Waals surface area (Å²) in [5, 5.41) is 3.62. The van der Waals surface area contributed by atoms with E-state index in [4.69, 9.17) is 4.74 Å². The Labute approximate surface area is 93.1 Å². The van der Waals surface area contributed by atoms with Gasteiger partial charge in [-0.25, -0.2) is 0 Å². The molecule has 1 saturated carbocycles. The van der Waals surface area contributed by atoms with Crippen molar-refractivity contribution < 1.29 is 4.74 Å². The highest BCUT2D eigenvalue weighted by molar-refractivity contribution is 5.07. The van der Waals surface area contributed by atoms with Crippen LogP contribution in [0.3, 0.4) is 0 Å². The Kier molecular flexibility index (Phi) is 4.07. The van der Waals surface area contributed by atoms with Gasteiger partial charge >= 0.3 is 0 Å². The fourth-order valence-corrected chi connectivity index (χ4v) is 2.36. The first-order valence-corrected chi connectivity index (χ1v) is 6.46. The van der Waals surface area contributed by atoms with E-state index in [2.05, 4.69) is 18.3 Å². The quantitative estimate of drug-likeness (QED) is 0.726. The van der Waals surface area contributed by atoms with E-state index in [0.29, 0.717) is 6.04 Å². The molecule has 1 unspecified atom stereocenters. The van der Waals surface area contributed by atoms with Gasteiger partial charge < -0.3 is 10.1 Å². The molecule has 0 spiro atoms. The van der Waals surface area contributed by atoms with Crippen molar-refractivity contribution in [2.45, 2.75) is 51.5 Å². The van der Waals surface area contributed by atoms with Crippen molar-refractivity contribution in [3.05, 3.63) is 11.8 Å². The van der Waals surface area contributed by atoms with Gasteiger partial charge in [-0.1, -0.05) is 26.2 Å². The summed E-state index contributed by atoms with van der Waals surface area (Å²) in [5.74, 6) is 2.17. The maximum absolute atomic E-state index is 5.68. The zero-order chi connectivity index (χ0) is 10.5. The summed E-state index contributed by atoms with van der Waals surface area (Å²) >= 11 is 0. The lowest BCUT2D eigenvalue weighted by Gasteiger charge is -2.30. The standard InChI is InChI=1S/C13H23NO/c1-2-8-14-12(10-11-5-3-6-11)13-7-4-9-15-13/h7,11-12,14H,2-6,8-10H2,1H3. The van der Waals surface area contributed by atoms with Gasteiger partial charge in [0, 0.05) is 6.42 Å². The van der Waals surface area contributed by atoms with E-state index in [0.717, 1.165) is 25.5 Å². The molecule has 1 heterocycles. The van der Waals surface area contributed by atoms with Crippen LogP contribution >= 0.6 is 0 Å². The van der Waals surface area contributed by atoms with Gasteiger partial charge in [-0.3, -0.25) is 0 Å². The monoisotopic (exact) mass is 209 g/mol. The normalized spacial score (nSPS) is 23.1. The molecule has 86 valence electrons. The van der Waals surface area contributed by atoms with Gasteiger partial charge in [0.15, 0.2) is 0 Å². The van der Waals surface area contributed by atoms with Crippen LogP contribution < -0.4 is 5.32 Å². The van der Waals surface area contributed by atoms with Gasteiger partial charge in [-0.15, -0.1) is 0 Å². The molecule has 15 heavy (non-hydrogen) atoms. The Hall–Kier alpha value is -0.500. The van der Waals surface area contributed by atoms with Crippen LogP contribution in [0.15, 0.2) is 11.8 Å². The fourth-order valence-electron chi connectivity index (χ4n) is 2.36. The van der Waals surface area contributed by atoms with Crippen LogP contribution in [0.2, 0.25) is 0 Å². The van der Waals surface area contributed by atoms with Gasteiger partial charge in [0.05, 0.1) is 12.6 Å². The van der Waals surface area contributed by atoms with Gasteiger partial charge in [-0.2, -0.15) is 0 Å². The molecule has 2 heteroatoms. The maximum atomic E-state index is 5.68. The first-order valence-electron chi connectivity index (χ1n) is 6.46. The van der Waals surface area contributed by atoms with Crippen molar-refractivity contribution in [1.82, 2.24) is 5.32 Å². The van der Waals surface area contributed by atoms with E-state index < -0.39 is 0 Å². The van der Waals surface area contributed by atoms with Gasteiger partial charge in [0.1, 0.15) is 5.76 Å². The largest absolute Gasteiger partial charge is 0.496 e. The summed E-state index contributed by atoms with van der Waals surface area (Å²) in [7, 11) is 0. The molecule has 2 nitrogen and oxygen atoms in total. The second-order valence-corrected chi connectivity index (χ2v) is 4.78. The van der Waals surface area contributed by atoms with E-state index >= 15 is 0 Å². The van der Waals surface area contributed by atoms with Crippen molar-refractivity contribution in [2.24, 2.45) is 5.92 Å². The lowest BCUT2D eigenvalue weighted by atomic mass is 9.80. The highest BCUT2D eigenvalue weighted by Gasteiger charge is 2.25. The predicted molar refractivity (Wildman–Crippen MR) is 62.7 cm³/mol. The number of hydrogen-bond acceptors (Lipinski definition) is 2. The summed E-state index contributed by atoms with van der Waals surface area (Å²) in [6, 6.07) is 0.498. The summed E-state index contributed by atoms with van der Waals surface area (Å²) in [4.78, 5) is 0. The van der Waals surface area contributed by atoms with Crippen molar-refractivity contribution in [1.29, 1.82) is 0 Å². The Bertz CT molecular complexity index is 221. The molecule has 0 saturated heterocycles. The van der Waals surface area contributed by atoms with E-state index in [1.54, 1.807) is 0 Å². The van der Waals surface area contributed by atoms with E-state index in [1.807, 2.05) is 0 Å². The van der Waals surface area contributed by atoms with Crippen molar-refractivity contribution in [3.63, 3.8) is 0 Å². The SMILES string of the molecule is CCCNC(CC1CCC1)C1=CCCO1. The molecular weight excluding hydrogens is 186 g/mol. The average Bonchev–Trinajstić information content (AvgIpc) is 2.68. The number of hydrogen-bond donors (Lipinski definition) is 1. The minimum Gasteiger partial charge on any atom is -0.496 e. The zero-order valence-electron chi connectivity index (χ0n) is 9.80. The van der Waals surface area contributed by atoms with Crippen LogP contribution in [-0.4, -0.2) is 19.2 Å². The Morgan fingerprint density at radius 3 is 2.93 bits per heavy atom. The summed E-state index contributed by atoms with van der Waals surface area (Å²) < 4.78 is 5.68. The zero-order valence-corrected chi connectivity index (χ0v) is 9.80.